The van der Waals surface area contributed by atoms with E-state index in [2.05, 4.69) is 107 Å². The quantitative estimate of drug-likeness (QED) is 0.583. The first-order chi connectivity index (χ1) is 13.9. The van der Waals surface area contributed by atoms with Crippen molar-refractivity contribution in [1.82, 2.24) is 0 Å². The number of benzene rings is 3. The van der Waals surface area contributed by atoms with Gasteiger partial charge in [-0.3, -0.25) is 0 Å². The molecule has 3 aromatic carbocycles. The molecule has 2 nitrogen and oxygen atoms in total. The lowest BCUT2D eigenvalue weighted by molar-refractivity contribution is 0.420. The minimum atomic E-state index is 0.386. The molecule has 1 heterocycles. The molecule has 1 N–H and O–H groups in total. The maximum atomic E-state index is 3.70. The van der Waals surface area contributed by atoms with Crippen LogP contribution >= 0.6 is 0 Å². The maximum absolute atomic E-state index is 3.70. The van der Waals surface area contributed by atoms with Crippen LogP contribution in [0.2, 0.25) is 0 Å². The number of rotatable bonds is 4. The smallest absolute Gasteiger partial charge is 0.0450 e. The molecule has 1 aliphatic carbocycles. The molecule has 3 atom stereocenters. The van der Waals surface area contributed by atoms with Crippen molar-refractivity contribution in [1.29, 1.82) is 0 Å². The van der Waals surface area contributed by atoms with Crippen molar-refractivity contribution in [2.45, 2.75) is 24.9 Å². The van der Waals surface area contributed by atoms with Gasteiger partial charge >= 0.3 is 0 Å². The van der Waals surface area contributed by atoms with Gasteiger partial charge in [0.1, 0.15) is 0 Å². The zero-order valence-corrected chi connectivity index (χ0v) is 16.0. The molecule has 3 aromatic rings. The van der Waals surface area contributed by atoms with Gasteiger partial charge in [0.2, 0.25) is 0 Å². The van der Waals surface area contributed by atoms with Crippen LogP contribution in [0.4, 0.5) is 11.4 Å². The lowest BCUT2D eigenvalue weighted by atomic mass is 9.74. The standard InChI is InChI=1S/C26H26N2/c1-3-9-20(10-4-1)18-28-19-21-15-16-23(27-22-11-5-2-6-12-22)17-25(21)24-13-7-8-14-26(24)28/h1-16,21,23,25,27H,17-19H2/t21-,23+,25-/m1/s1. The van der Waals surface area contributed by atoms with Crippen molar-refractivity contribution >= 4 is 11.4 Å². The summed E-state index contributed by atoms with van der Waals surface area (Å²) in [5, 5.41) is 3.70. The first-order valence-corrected chi connectivity index (χ1v) is 10.2. The van der Waals surface area contributed by atoms with Gasteiger partial charge in [0.25, 0.3) is 0 Å². The van der Waals surface area contributed by atoms with E-state index in [1.807, 2.05) is 0 Å². The lowest BCUT2D eigenvalue weighted by Gasteiger charge is -2.43. The summed E-state index contributed by atoms with van der Waals surface area (Å²) < 4.78 is 0. The highest BCUT2D eigenvalue weighted by Gasteiger charge is 2.35. The first-order valence-electron chi connectivity index (χ1n) is 10.2. The van der Waals surface area contributed by atoms with Crippen LogP contribution < -0.4 is 10.2 Å². The number of fused-ring (bicyclic) bond motifs is 3. The molecule has 2 aliphatic rings. The zero-order chi connectivity index (χ0) is 18.8. The molecule has 2 heteroatoms. The molecule has 0 radical (unpaired) electrons. The van der Waals surface area contributed by atoms with E-state index in [0.717, 1.165) is 19.5 Å². The van der Waals surface area contributed by atoms with E-state index in [1.165, 1.54) is 22.5 Å². The number of para-hydroxylation sites is 2. The van der Waals surface area contributed by atoms with E-state index < -0.39 is 0 Å². The summed E-state index contributed by atoms with van der Waals surface area (Å²) in [7, 11) is 0. The van der Waals surface area contributed by atoms with Crippen molar-refractivity contribution in [2.24, 2.45) is 5.92 Å². The molecule has 140 valence electrons. The fourth-order valence-corrected chi connectivity index (χ4v) is 4.73. The molecule has 5 rings (SSSR count). The highest BCUT2D eigenvalue weighted by Crippen LogP contribution is 2.44. The normalized spacial score (nSPS) is 23.0. The predicted molar refractivity (Wildman–Crippen MR) is 118 cm³/mol. The second-order valence-electron chi connectivity index (χ2n) is 7.93. The number of hydrogen-bond donors (Lipinski definition) is 1. The topological polar surface area (TPSA) is 15.3 Å². The molecule has 0 unspecified atom stereocenters. The highest BCUT2D eigenvalue weighted by molar-refractivity contribution is 5.59. The Bertz CT molecular complexity index is 948. The van der Waals surface area contributed by atoms with Gasteiger partial charge in [-0.05, 0) is 41.7 Å². The van der Waals surface area contributed by atoms with Crippen molar-refractivity contribution in [3.05, 3.63) is 108 Å². The van der Waals surface area contributed by atoms with Crippen molar-refractivity contribution in [2.75, 3.05) is 16.8 Å². The van der Waals surface area contributed by atoms with E-state index in [9.17, 15) is 0 Å². The Kier molecular flexibility index (Phi) is 4.62. The van der Waals surface area contributed by atoms with Crippen molar-refractivity contribution in [3.63, 3.8) is 0 Å². The highest BCUT2D eigenvalue weighted by atomic mass is 15.1. The third-order valence-electron chi connectivity index (χ3n) is 6.07. The van der Waals surface area contributed by atoms with Gasteiger partial charge in [-0.15, -0.1) is 0 Å². The van der Waals surface area contributed by atoms with Crippen molar-refractivity contribution < 1.29 is 0 Å². The van der Waals surface area contributed by atoms with Gasteiger partial charge < -0.3 is 10.2 Å². The van der Waals surface area contributed by atoms with Crippen LogP contribution in [0.15, 0.2) is 97.1 Å². The molecule has 0 bridgehead atoms. The Morgan fingerprint density at radius 2 is 1.50 bits per heavy atom. The van der Waals surface area contributed by atoms with Gasteiger partial charge in [0.15, 0.2) is 0 Å². The number of anilines is 2. The van der Waals surface area contributed by atoms with Gasteiger partial charge in [0, 0.05) is 36.4 Å². The van der Waals surface area contributed by atoms with Gasteiger partial charge in [-0.1, -0.05) is 78.9 Å². The van der Waals surface area contributed by atoms with E-state index in [4.69, 9.17) is 0 Å². The third-order valence-corrected chi connectivity index (χ3v) is 6.07. The van der Waals surface area contributed by atoms with Crippen molar-refractivity contribution in [3.8, 4) is 0 Å². The molecule has 28 heavy (non-hydrogen) atoms. The Balaban J connectivity index is 1.40. The Labute approximate surface area is 167 Å². The van der Waals surface area contributed by atoms with E-state index in [0.29, 0.717) is 17.9 Å². The fraction of sp³-hybridized carbons (Fsp3) is 0.231. The third kappa shape index (κ3) is 3.43. The summed E-state index contributed by atoms with van der Waals surface area (Å²) in [6.45, 7) is 2.06. The summed E-state index contributed by atoms with van der Waals surface area (Å²) in [6, 6.07) is 30.8. The first kappa shape index (κ1) is 17.1. The number of nitrogens with zero attached hydrogens (tertiary/aromatic N) is 1. The van der Waals surface area contributed by atoms with Crippen LogP contribution in [0.25, 0.3) is 0 Å². The summed E-state index contributed by atoms with van der Waals surface area (Å²) >= 11 is 0. The predicted octanol–water partition coefficient (Wildman–Crippen LogP) is 5.85. The number of nitrogens with one attached hydrogen (secondary N) is 1. The molecule has 0 aromatic heterocycles. The van der Waals surface area contributed by atoms with E-state index in [1.54, 1.807) is 0 Å². The summed E-state index contributed by atoms with van der Waals surface area (Å²) in [6.07, 6.45) is 5.97. The largest absolute Gasteiger partial charge is 0.379 e. The molecule has 0 spiro atoms. The van der Waals surface area contributed by atoms with Crippen LogP contribution in [0, 0.1) is 5.92 Å². The lowest BCUT2D eigenvalue weighted by Crippen LogP contribution is -2.40. The van der Waals surface area contributed by atoms with Gasteiger partial charge in [-0.2, -0.15) is 0 Å². The second kappa shape index (κ2) is 7.55. The van der Waals surface area contributed by atoms with Crippen LogP contribution in [-0.2, 0) is 6.54 Å². The van der Waals surface area contributed by atoms with Crippen LogP contribution in [0.5, 0.6) is 0 Å². The average molecular weight is 367 g/mol. The summed E-state index contributed by atoms with van der Waals surface area (Å²) in [5.74, 6) is 1.15. The molecule has 0 amide bonds. The van der Waals surface area contributed by atoms with E-state index >= 15 is 0 Å². The zero-order valence-electron chi connectivity index (χ0n) is 16.0. The fourth-order valence-electron chi connectivity index (χ4n) is 4.73. The summed E-state index contributed by atoms with van der Waals surface area (Å²) in [4.78, 5) is 2.56. The summed E-state index contributed by atoms with van der Waals surface area (Å²) in [5.41, 5.74) is 5.48. The minimum Gasteiger partial charge on any atom is -0.379 e. The molecular weight excluding hydrogens is 340 g/mol. The van der Waals surface area contributed by atoms with Gasteiger partial charge in [0.05, 0.1) is 0 Å². The van der Waals surface area contributed by atoms with E-state index in [-0.39, 0.29) is 0 Å². The molecule has 0 saturated carbocycles. The van der Waals surface area contributed by atoms with Crippen LogP contribution in [0.1, 0.15) is 23.5 Å². The number of hydrogen-bond acceptors (Lipinski definition) is 2. The van der Waals surface area contributed by atoms with Crippen LogP contribution in [0.3, 0.4) is 0 Å². The Morgan fingerprint density at radius 1 is 0.786 bits per heavy atom. The molecule has 0 saturated heterocycles. The Hall–Kier alpha value is -3.00. The van der Waals surface area contributed by atoms with Gasteiger partial charge in [-0.25, -0.2) is 0 Å². The SMILES string of the molecule is C1=C[C@H](Nc2ccccc2)C[C@H]2c3ccccc3N(Cc3ccccc3)C[C@@H]12. The molecule has 1 aliphatic heterocycles. The molecular formula is C26H26N2. The maximum Gasteiger partial charge on any atom is 0.0450 e. The minimum absolute atomic E-state index is 0.386. The Morgan fingerprint density at radius 3 is 2.32 bits per heavy atom. The second-order valence-corrected chi connectivity index (χ2v) is 7.93. The van der Waals surface area contributed by atoms with Crippen LogP contribution in [-0.4, -0.2) is 12.6 Å². The average Bonchev–Trinajstić information content (AvgIpc) is 2.76. The monoisotopic (exact) mass is 366 g/mol. The molecule has 0 fully saturated rings.